The van der Waals surface area contributed by atoms with Crippen LogP contribution in [0.5, 0.6) is 0 Å². The predicted octanol–water partition coefficient (Wildman–Crippen LogP) is 1.61. The third-order valence-corrected chi connectivity index (χ3v) is 5.66. The first kappa shape index (κ1) is 12.0. The smallest absolute Gasteiger partial charge is 0.325 e. The Bertz CT molecular complexity index is 561. The van der Waals surface area contributed by atoms with Crippen LogP contribution in [0, 0.1) is 5.82 Å². The molecule has 0 aromatic heterocycles. The van der Waals surface area contributed by atoms with Crippen LogP contribution in [0.25, 0.3) is 0 Å². The quantitative estimate of drug-likeness (QED) is 0.894. The van der Waals surface area contributed by atoms with E-state index in [9.17, 15) is 17.6 Å². The van der Waals surface area contributed by atoms with Crippen molar-refractivity contribution in [2.24, 2.45) is 0 Å². The Hall–Kier alpha value is -1.43. The normalized spacial score (nSPS) is 18.4. The Morgan fingerprint density at radius 2 is 2.00 bits per heavy atom. The van der Waals surface area contributed by atoms with Gasteiger partial charge in [0.1, 0.15) is 5.82 Å². The summed E-state index contributed by atoms with van der Waals surface area (Å²) in [7, 11) is -4.03. The molecule has 0 aliphatic heterocycles. The molecule has 0 unspecified atom stereocenters. The number of hydrogen-bond donors (Lipinski definition) is 1. The summed E-state index contributed by atoms with van der Waals surface area (Å²) in [5.41, 5.74) is 0. The third kappa shape index (κ3) is 1.63. The predicted molar refractivity (Wildman–Crippen MR) is 57.8 cm³/mol. The van der Waals surface area contributed by atoms with E-state index in [2.05, 4.69) is 0 Å². The van der Waals surface area contributed by atoms with Crippen LogP contribution >= 0.6 is 0 Å². The van der Waals surface area contributed by atoms with Gasteiger partial charge in [-0.25, -0.2) is 12.8 Å². The lowest BCUT2D eigenvalue weighted by molar-refractivity contribution is -0.142. The largest absolute Gasteiger partial charge is 0.480 e. The lowest BCUT2D eigenvalue weighted by atomic mass is 9.84. The van der Waals surface area contributed by atoms with E-state index in [0.717, 1.165) is 12.1 Å². The van der Waals surface area contributed by atoms with Crippen LogP contribution < -0.4 is 0 Å². The molecule has 4 nitrogen and oxygen atoms in total. The minimum atomic E-state index is -4.03. The molecule has 0 spiro atoms. The van der Waals surface area contributed by atoms with Gasteiger partial charge in [-0.2, -0.15) is 0 Å². The molecule has 1 N–H and O–H groups in total. The zero-order chi connectivity index (χ0) is 12.7. The molecule has 0 amide bonds. The van der Waals surface area contributed by atoms with Crippen LogP contribution in [0.4, 0.5) is 4.39 Å². The Morgan fingerprint density at radius 3 is 2.41 bits per heavy atom. The molecule has 1 aliphatic rings. The number of hydrogen-bond acceptors (Lipinski definition) is 3. The Labute approximate surface area is 98.0 Å². The molecular formula is C11H11FO4S. The number of halogens is 1. The average Bonchev–Trinajstić information content (AvgIpc) is 2.14. The van der Waals surface area contributed by atoms with Gasteiger partial charge in [-0.15, -0.1) is 0 Å². The van der Waals surface area contributed by atoms with Gasteiger partial charge in [-0.05, 0) is 37.5 Å². The van der Waals surface area contributed by atoms with Crippen molar-refractivity contribution >= 4 is 15.8 Å². The summed E-state index contributed by atoms with van der Waals surface area (Å²) >= 11 is 0. The first-order valence-electron chi connectivity index (χ1n) is 5.14. The minimum absolute atomic E-state index is 0.0845. The first-order chi connectivity index (χ1) is 7.90. The number of rotatable bonds is 3. The first-order valence-corrected chi connectivity index (χ1v) is 6.62. The van der Waals surface area contributed by atoms with Crippen LogP contribution in [-0.2, 0) is 14.6 Å². The molecule has 2 rings (SSSR count). The van der Waals surface area contributed by atoms with Crippen LogP contribution in [0.1, 0.15) is 19.3 Å². The highest BCUT2D eigenvalue weighted by Crippen LogP contribution is 2.43. The van der Waals surface area contributed by atoms with Gasteiger partial charge in [0, 0.05) is 0 Å². The topological polar surface area (TPSA) is 71.4 Å². The van der Waals surface area contributed by atoms with E-state index >= 15 is 0 Å². The van der Waals surface area contributed by atoms with Crippen LogP contribution in [-0.4, -0.2) is 24.2 Å². The molecule has 0 bridgehead atoms. The molecule has 6 heteroatoms. The summed E-state index contributed by atoms with van der Waals surface area (Å²) in [6, 6.07) is 4.46. The summed E-state index contributed by atoms with van der Waals surface area (Å²) in [5.74, 6) is -2.04. The molecule has 1 aromatic carbocycles. The SMILES string of the molecule is O=C(O)C1(S(=O)(=O)c2cccc(F)c2)CCC1. The number of carboxylic acids is 1. The molecule has 17 heavy (non-hydrogen) atoms. The second kappa shape index (κ2) is 3.80. The fourth-order valence-electron chi connectivity index (χ4n) is 1.96. The van der Waals surface area contributed by atoms with Crippen molar-refractivity contribution in [3.8, 4) is 0 Å². The van der Waals surface area contributed by atoms with Gasteiger partial charge in [0.2, 0.25) is 0 Å². The Morgan fingerprint density at radius 1 is 1.35 bits per heavy atom. The van der Waals surface area contributed by atoms with Gasteiger partial charge < -0.3 is 5.11 Å². The summed E-state index contributed by atoms with van der Waals surface area (Å²) in [4.78, 5) is 10.9. The summed E-state index contributed by atoms with van der Waals surface area (Å²) in [6.45, 7) is 0. The highest BCUT2D eigenvalue weighted by molar-refractivity contribution is 7.93. The van der Waals surface area contributed by atoms with Crippen LogP contribution in [0.15, 0.2) is 29.2 Å². The van der Waals surface area contributed by atoms with E-state index in [0.29, 0.717) is 6.42 Å². The summed E-state index contributed by atoms with van der Waals surface area (Å²) in [5, 5.41) is 9.08. The average molecular weight is 258 g/mol. The van der Waals surface area contributed by atoms with Gasteiger partial charge >= 0.3 is 5.97 Å². The standard InChI is InChI=1S/C11H11FO4S/c12-8-3-1-4-9(7-8)17(15,16)11(10(13)14)5-2-6-11/h1,3-4,7H,2,5-6H2,(H,13,14). The van der Waals surface area contributed by atoms with Crippen molar-refractivity contribution in [1.82, 2.24) is 0 Å². The third-order valence-electron chi connectivity index (χ3n) is 3.17. The highest BCUT2D eigenvalue weighted by atomic mass is 32.2. The molecule has 1 aromatic rings. The minimum Gasteiger partial charge on any atom is -0.480 e. The molecule has 1 saturated carbocycles. The zero-order valence-corrected chi connectivity index (χ0v) is 9.71. The fraction of sp³-hybridized carbons (Fsp3) is 0.364. The second-order valence-corrected chi connectivity index (χ2v) is 6.37. The van der Waals surface area contributed by atoms with E-state index < -0.39 is 26.4 Å². The van der Waals surface area contributed by atoms with E-state index in [4.69, 9.17) is 5.11 Å². The maximum Gasteiger partial charge on any atom is 0.325 e. The molecule has 92 valence electrons. The van der Waals surface area contributed by atoms with Gasteiger partial charge in [-0.1, -0.05) is 6.07 Å². The molecule has 1 aliphatic carbocycles. The molecular weight excluding hydrogens is 247 g/mol. The van der Waals surface area contributed by atoms with Gasteiger partial charge in [0.15, 0.2) is 14.6 Å². The van der Waals surface area contributed by atoms with Crippen molar-refractivity contribution in [2.75, 3.05) is 0 Å². The van der Waals surface area contributed by atoms with Crippen molar-refractivity contribution in [2.45, 2.75) is 28.9 Å². The van der Waals surface area contributed by atoms with E-state index in [1.807, 2.05) is 0 Å². The number of sulfone groups is 1. The second-order valence-electron chi connectivity index (χ2n) is 4.11. The van der Waals surface area contributed by atoms with Crippen LogP contribution in [0.3, 0.4) is 0 Å². The lowest BCUT2D eigenvalue weighted by Crippen LogP contribution is -2.52. The zero-order valence-electron chi connectivity index (χ0n) is 8.89. The molecule has 0 saturated heterocycles. The molecule has 1 fully saturated rings. The van der Waals surface area contributed by atoms with Gasteiger partial charge in [0.05, 0.1) is 4.90 Å². The van der Waals surface area contributed by atoms with E-state index in [1.165, 1.54) is 12.1 Å². The summed E-state index contributed by atoms with van der Waals surface area (Å²) < 4.78 is 35.6. The van der Waals surface area contributed by atoms with E-state index in [-0.39, 0.29) is 17.7 Å². The monoisotopic (exact) mass is 258 g/mol. The fourth-order valence-corrected chi connectivity index (χ4v) is 3.99. The highest BCUT2D eigenvalue weighted by Gasteiger charge is 2.56. The molecule has 0 atom stereocenters. The van der Waals surface area contributed by atoms with Crippen molar-refractivity contribution in [1.29, 1.82) is 0 Å². The van der Waals surface area contributed by atoms with Crippen molar-refractivity contribution in [3.05, 3.63) is 30.1 Å². The Kier molecular flexibility index (Phi) is 2.69. The molecule has 0 heterocycles. The molecule has 0 radical (unpaired) electrons. The maximum absolute atomic E-state index is 13.0. The maximum atomic E-state index is 13.0. The number of benzene rings is 1. The summed E-state index contributed by atoms with van der Waals surface area (Å²) in [6.07, 6.45) is 0.725. The van der Waals surface area contributed by atoms with E-state index in [1.54, 1.807) is 0 Å². The van der Waals surface area contributed by atoms with Crippen LogP contribution in [0.2, 0.25) is 0 Å². The lowest BCUT2D eigenvalue weighted by Gasteiger charge is -2.36. The van der Waals surface area contributed by atoms with Crippen molar-refractivity contribution in [3.63, 3.8) is 0 Å². The van der Waals surface area contributed by atoms with Crippen molar-refractivity contribution < 1.29 is 22.7 Å². The number of carbonyl (C=O) groups is 1. The van der Waals surface area contributed by atoms with Gasteiger partial charge in [-0.3, -0.25) is 4.79 Å². The number of carboxylic acid groups (broad SMARTS) is 1. The Balaban J connectivity index is 2.54. The van der Waals surface area contributed by atoms with Gasteiger partial charge in [0.25, 0.3) is 0 Å². The number of aliphatic carboxylic acids is 1.